The van der Waals surface area contributed by atoms with Crippen LogP contribution in [0.25, 0.3) is 0 Å². The van der Waals surface area contributed by atoms with Gasteiger partial charge in [0.15, 0.2) is 12.4 Å². The van der Waals surface area contributed by atoms with Gasteiger partial charge in [0.05, 0.1) is 10.5 Å². The summed E-state index contributed by atoms with van der Waals surface area (Å²) in [5.74, 6) is -2.51. The van der Waals surface area contributed by atoms with Gasteiger partial charge in [-0.3, -0.25) is 4.79 Å². The minimum atomic E-state index is -3.89. The minimum Gasteiger partial charge on any atom is -0.454 e. The minimum absolute atomic E-state index is 0.218. The van der Waals surface area contributed by atoms with Crippen LogP contribution in [0.5, 0.6) is 0 Å². The van der Waals surface area contributed by atoms with Gasteiger partial charge in [0.1, 0.15) is 5.82 Å². The molecule has 1 aliphatic heterocycles. The van der Waals surface area contributed by atoms with Crippen molar-refractivity contribution < 1.29 is 27.1 Å². The van der Waals surface area contributed by atoms with Crippen LogP contribution >= 0.6 is 0 Å². The predicted molar refractivity (Wildman–Crippen MR) is 128 cm³/mol. The molecule has 0 aliphatic carbocycles. The molecule has 2 aromatic carbocycles. The molecule has 0 saturated heterocycles. The molecular weight excluding hydrogens is 459 g/mol. The lowest BCUT2D eigenvalue weighted by Gasteiger charge is -2.23. The summed E-state index contributed by atoms with van der Waals surface area (Å²) in [6.07, 6.45) is 1.42. The van der Waals surface area contributed by atoms with Crippen molar-refractivity contribution >= 4 is 27.5 Å². The number of benzene rings is 2. The Balaban J connectivity index is 1.77. The van der Waals surface area contributed by atoms with E-state index in [0.29, 0.717) is 0 Å². The number of hydrogen-bond acceptors (Lipinski definition) is 6. The monoisotopic (exact) mass is 488 g/mol. The van der Waals surface area contributed by atoms with Crippen molar-refractivity contribution in [2.24, 2.45) is 0 Å². The van der Waals surface area contributed by atoms with Crippen LogP contribution in [0, 0.1) is 5.82 Å². The largest absolute Gasteiger partial charge is 0.454 e. The highest BCUT2D eigenvalue weighted by atomic mass is 32.2. The van der Waals surface area contributed by atoms with E-state index in [1.165, 1.54) is 10.4 Å². The first-order valence-electron chi connectivity index (χ1n) is 11.0. The molecular formula is C25H29FN2O5S. The van der Waals surface area contributed by atoms with Gasteiger partial charge in [-0.05, 0) is 29.8 Å². The molecule has 1 aliphatic rings. The highest BCUT2D eigenvalue weighted by molar-refractivity contribution is 7.89. The number of ether oxygens (including phenoxy) is 1. The van der Waals surface area contributed by atoms with Gasteiger partial charge >= 0.3 is 5.97 Å². The number of sulfonamides is 1. The average molecular weight is 489 g/mol. The third-order valence-electron chi connectivity index (χ3n) is 6.08. The van der Waals surface area contributed by atoms with E-state index in [1.54, 1.807) is 13.8 Å². The summed E-state index contributed by atoms with van der Waals surface area (Å²) < 4.78 is 46.0. The fourth-order valence-corrected chi connectivity index (χ4v) is 5.69. The molecule has 0 bridgehead atoms. The smallest absolute Gasteiger partial charge is 0.341 e. The van der Waals surface area contributed by atoms with E-state index >= 15 is 0 Å². The number of nitrogens with zero attached hydrogens (tertiary/aromatic N) is 2. The number of carbonyl (C=O) groups is 2. The van der Waals surface area contributed by atoms with E-state index in [-0.39, 0.29) is 18.0 Å². The lowest BCUT2D eigenvalue weighted by Crippen LogP contribution is -2.30. The summed E-state index contributed by atoms with van der Waals surface area (Å²) in [6.45, 7) is 7.22. The Morgan fingerprint density at radius 3 is 2.38 bits per heavy atom. The van der Waals surface area contributed by atoms with Gasteiger partial charge < -0.3 is 9.64 Å². The summed E-state index contributed by atoms with van der Waals surface area (Å²) in [5.41, 5.74) is 1.83. The molecule has 0 fully saturated rings. The van der Waals surface area contributed by atoms with E-state index in [9.17, 15) is 22.4 Å². The summed E-state index contributed by atoms with van der Waals surface area (Å²) in [6, 6.07) is 10.8. The van der Waals surface area contributed by atoms with E-state index in [0.717, 1.165) is 35.1 Å². The second kappa shape index (κ2) is 9.68. The first-order chi connectivity index (χ1) is 15.9. The third kappa shape index (κ3) is 4.63. The maximum atomic E-state index is 14.3. The standard InChI is InChI=1S/C25H29FN2O5S/c1-6-28(7-2)34(31,32)18-12-13-21(26)19(15-18)24(30)33-16-17(29)14-23-25(3,4)20-10-8-9-11-22(20)27(23)5/h8-15H,6-7,16H2,1-5H3/b23-14+. The van der Waals surface area contributed by atoms with Crippen LogP contribution in [0.4, 0.5) is 10.1 Å². The molecule has 0 saturated carbocycles. The van der Waals surface area contributed by atoms with E-state index in [4.69, 9.17) is 4.74 Å². The number of likely N-dealkylation sites (N-methyl/N-ethyl adjacent to an activating group) is 1. The summed E-state index contributed by atoms with van der Waals surface area (Å²) in [7, 11) is -2.03. The van der Waals surface area contributed by atoms with Crippen molar-refractivity contribution in [1.29, 1.82) is 0 Å². The summed E-state index contributed by atoms with van der Waals surface area (Å²) in [5, 5.41) is 0. The normalized spacial score (nSPS) is 16.1. The Labute approximate surface area is 199 Å². The van der Waals surface area contributed by atoms with E-state index < -0.39 is 45.2 Å². The van der Waals surface area contributed by atoms with Gasteiger partial charge in [0, 0.05) is 43.0 Å². The molecule has 0 atom stereocenters. The molecule has 0 spiro atoms. The van der Waals surface area contributed by atoms with Crippen LogP contribution in [0.15, 0.2) is 59.1 Å². The van der Waals surface area contributed by atoms with Crippen LogP contribution in [-0.4, -0.2) is 51.2 Å². The van der Waals surface area contributed by atoms with Crippen LogP contribution in [-0.2, 0) is 25.0 Å². The zero-order valence-corrected chi connectivity index (χ0v) is 20.8. The van der Waals surface area contributed by atoms with Crippen molar-refractivity contribution in [3.8, 4) is 0 Å². The van der Waals surface area contributed by atoms with Gasteiger partial charge in [-0.25, -0.2) is 17.6 Å². The number of ketones is 1. The molecule has 0 radical (unpaired) electrons. The maximum Gasteiger partial charge on any atom is 0.341 e. The zero-order valence-electron chi connectivity index (χ0n) is 20.0. The Morgan fingerprint density at radius 1 is 1.12 bits per heavy atom. The molecule has 3 rings (SSSR count). The van der Waals surface area contributed by atoms with Gasteiger partial charge in [0.2, 0.25) is 10.0 Å². The molecule has 0 aromatic heterocycles. The van der Waals surface area contributed by atoms with Gasteiger partial charge in [-0.15, -0.1) is 0 Å². The van der Waals surface area contributed by atoms with Gasteiger partial charge in [-0.1, -0.05) is 45.9 Å². The highest BCUT2D eigenvalue weighted by Crippen LogP contribution is 2.46. The number of rotatable bonds is 8. The Hall–Kier alpha value is -3.04. The van der Waals surface area contributed by atoms with Crippen molar-refractivity contribution in [3.63, 3.8) is 0 Å². The topological polar surface area (TPSA) is 84.0 Å². The number of para-hydroxylation sites is 1. The number of anilines is 1. The fraction of sp³-hybridized carbons (Fsp3) is 0.360. The zero-order chi connectivity index (χ0) is 25.3. The lowest BCUT2D eigenvalue weighted by molar-refractivity contribution is -0.117. The first-order valence-corrected chi connectivity index (χ1v) is 12.4. The van der Waals surface area contributed by atoms with Gasteiger partial charge in [0.25, 0.3) is 0 Å². The number of carbonyl (C=O) groups excluding carboxylic acids is 2. The second-order valence-electron chi connectivity index (χ2n) is 8.50. The SMILES string of the molecule is CCN(CC)S(=O)(=O)c1ccc(F)c(C(=O)OCC(=O)/C=C2/N(C)c3ccccc3C2(C)C)c1. The number of hydrogen-bond donors (Lipinski definition) is 0. The van der Waals surface area contributed by atoms with Crippen LogP contribution in [0.3, 0.4) is 0 Å². The van der Waals surface area contributed by atoms with Crippen LogP contribution in [0.1, 0.15) is 43.6 Å². The highest BCUT2D eigenvalue weighted by Gasteiger charge is 2.38. The molecule has 182 valence electrons. The van der Waals surface area contributed by atoms with Crippen molar-refractivity contribution in [1.82, 2.24) is 4.31 Å². The Morgan fingerprint density at radius 2 is 1.76 bits per heavy atom. The van der Waals surface area contributed by atoms with Crippen molar-refractivity contribution in [2.75, 3.05) is 31.6 Å². The quantitative estimate of drug-likeness (QED) is 0.414. The predicted octanol–water partition coefficient (Wildman–Crippen LogP) is 3.89. The van der Waals surface area contributed by atoms with E-state index in [2.05, 4.69) is 0 Å². The maximum absolute atomic E-state index is 14.3. The first kappa shape index (κ1) is 25.6. The van der Waals surface area contributed by atoms with Crippen LogP contribution in [0.2, 0.25) is 0 Å². The molecule has 34 heavy (non-hydrogen) atoms. The number of allylic oxidation sites excluding steroid dienone is 1. The fourth-order valence-electron chi connectivity index (χ4n) is 4.20. The molecule has 0 N–H and O–H groups in total. The number of fused-ring (bicyclic) bond motifs is 1. The molecule has 0 amide bonds. The summed E-state index contributed by atoms with van der Waals surface area (Å²) in [4.78, 5) is 26.8. The molecule has 9 heteroatoms. The third-order valence-corrected chi connectivity index (χ3v) is 8.13. The second-order valence-corrected chi connectivity index (χ2v) is 10.4. The molecule has 1 heterocycles. The molecule has 7 nitrogen and oxygen atoms in total. The number of esters is 1. The average Bonchev–Trinajstić information content (AvgIpc) is 2.99. The number of halogens is 1. The Kier molecular flexibility index (Phi) is 7.28. The lowest BCUT2D eigenvalue weighted by atomic mass is 9.83. The van der Waals surface area contributed by atoms with Gasteiger partial charge in [-0.2, -0.15) is 4.31 Å². The Bertz CT molecular complexity index is 1250. The summed E-state index contributed by atoms with van der Waals surface area (Å²) >= 11 is 0. The van der Waals surface area contributed by atoms with Crippen LogP contribution < -0.4 is 4.90 Å². The van der Waals surface area contributed by atoms with Crippen molar-refractivity contribution in [2.45, 2.75) is 38.0 Å². The van der Waals surface area contributed by atoms with E-state index in [1.807, 2.05) is 50.1 Å². The molecule has 0 unspecified atom stereocenters. The molecule has 2 aromatic rings. The van der Waals surface area contributed by atoms with Crippen molar-refractivity contribution in [3.05, 3.63) is 71.2 Å².